The predicted octanol–water partition coefficient (Wildman–Crippen LogP) is 4.44. The number of benzene rings is 1. The van der Waals surface area contributed by atoms with Gasteiger partial charge in [-0.25, -0.2) is 4.79 Å². The quantitative estimate of drug-likeness (QED) is 0.879. The smallest absolute Gasteiger partial charge is 0.407 e. The Bertz CT molecular complexity index is 567. The second-order valence-corrected chi connectivity index (χ2v) is 8.53. The van der Waals surface area contributed by atoms with Crippen LogP contribution in [-0.4, -0.2) is 34.7 Å². The van der Waals surface area contributed by atoms with E-state index >= 15 is 0 Å². The summed E-state index contributed by atoms with van der Waals surface area (Å²) in [7, 11) is 0. The summed E-state index contributed by atoms with van der Waals surface area (Å²) in [6.07, 6.45) is -0.322. The lowest BCUT2D eigenvalue weighted by atomic mass is 9.76. The first-order chi connectivity index (χ1) is 11.6. The number of hydrogen-bond acceptors (Lipinski definition) is 3. The largest absolute Gasteiger partial charge is 0.444 e. The number of carbonyl (C=O) groups excluding carboxylic acids is 1. The van der Waals surface area contributed by atoms with Crippen molar-refractivity contribution in [1.82, 2.24) is 10.2 Å². The first-order valence-electron chi connectivity index (χ1n) is 9.39. The van der Waals surface area contributed by atoms with Crippen molar-refractivity contribution < 1.29 is 9.53 Å². The van der Waals surface area contributed by atoms with E-state index in [1.807, 2.05) is 26.8 Å². The first kappa shape index (κ1) is 19.8. The van der Waals surface area contributed by atoms with E-state index in [0.29, 0.717) is 17.9 Å². The van der Waals surface area contributed by atoms with Crippen LogP contribution in [0.1, 0.15) is 54.0 Å². The van der Waals surface area contributed by atoms with Crippen molar-refractivity contribution in [2.45, 2.75) is 78.7 Å². The van der Waals surface area contributed by atoms with Gasteiger partial charge in [-0.05, 0) is 52.0 Å². The molecule has 0 aliphatic carbocycles. The number of ether oxygens (including phenoxy) is 1. The van der Waals surface area contributed by atoms with Gasteiger partial charge in [-0.1, -0.05) is 44.2 Å². The predicted molar refractivity (Wildman–Crippen MR) is 102 cm³/mol. The zero-order valence-electron chi connectivity index (χ0n) is 16.7. The second kappa shape index (κ2) is 7.77. The van der Waals surface area contributed by atoms with Gasteiger partial charge in [0.1, 0.15) is 5.60 Å². The lowest BCUT2D eigenvalue weighted by Gasteiger charge is -2.50. The number of nitrogens with one attached hydrogen (secondary N) is 1. The first-order valence-corrected chi connectivity index (χ1v) is 9.39. The molecule has 0 aromatic heterocycles. The minimum absolute atomic E-state index is 0.0739. The Morgan fingerprint density at radius 1 is 1.04 bits per heavy atom. The number of carbonyl (C=O) groups is 1. The van der Waals surface area contributed by atoms with Crippen molar-refractivity contribution in [2.24, 2.45) is 11.8 Å². The third kappa shape index (κ3) is 4.97. The van der Waals surface area contributed by atoms with Crippen LogP contribution in [0.3, 0.4) is 0 Å². The summed E-state index contributed by atoms with van der Waals surface area (Å²) in [5.41, 5.74) is 0.826. The topological polar surface area (TPSA) is 41.6 Å². The number of likely N-dealkylation sites (tertiary alicyclic amines) is 1. The molecule has 140 valence electrons. The van der Waals surface area contributed by atoms with Crippen molar-refractivity contribution >= 4 is 6.09 Å². The van der Waals surface area contributed by atoms with Crippen LogP contribution in [0.15, 0.2) is 30.3 Å². The van der Waals surface area contributed by atoms with Gasteiger partial charge < -0.3 is 10.1 Å². The van der Waals surface area contributed by atoms with E-state index in [-0.39, 0.29) is 18.2 Å². The highest BCUT2D eigenvalue weighted by atomic mass is 16.6. The third-order valence-electron chi connectivity index (χ3n) is 5.61. The zero-order chi connectivity index (χ0) is 18.8. The lowest BCUT2D eigenvalue weighted by Crippen LogP contribution is -2.63. The Morgan fingerprint density at radius 2 is 1.64 bits per heavy atom. The van der Waals surface area contributed by atoms with Gasteiger partial charge in [-0.15, -0.1) is 0 Å². The fraction of sp³-hybridized carbons (Fsp3) is 0.667. The molecule has 0 bridgehead atoms. The van der Waals surface area contributed by atoms with Crippen LogP contribution in [-0.2, 0) is 11.3 Å². The Balaban J connectivity index is 2.14. The minimum Gasteiger partial charge on any atom is -0.444 e. The van der Waals surface area contributed by atoms with E-state index in [1.54, 1.807) is 0 Å². The third-order valence-corrected chi connectivity index (χ3v) is 5.61. The van der Waals surface area contributed by atoms with Gasteiger partial charge in [-0.2, -0.15) is 0 Å². The maximum absolute atomic E-state index is 12.3. The molecule has 2 rings (SSSR count). The van der Waals surface area contributed by atoms with Crippen LogP contribution in [0.4, 0.5) is 4.79 Å². The fourth-order valence-electron chi connectivity index (χ4n) is 3.86. The Morgan fingerprint density at radius 3 is 2.20 bits per heavy atom. The van der Waals surface area contributed by atoms with Crippen LogP contribution >= 0.6 is 0 Å². The van der Waals surface area contributed by atoms with E-state index in [2.05, 4.69) is 62.2 Å². The summed E-state index contributed by atoms with van der Waals surface area (Å²) >= 11 is 0. The van der Waals surface area contributed by atoms with Crippen LogP contribution < -0.4 is 5.32 Å². The van der Waals surface area contributed by atoms with Crippen LogP contribution in [0, 0.1) is 11.8 Å². The average Bonchev–Trinajstić information content (AvgIpc) is 2.53. The molecule has 0 radical (unpaired) electrons. The molecule has 5 atom stereocenters. The summed E-state index contributed by atoms with van der Waals surface area (Å²) < 4.78 is 5.48. The summed E-state index contributed by atoms with van der Waals surface area (Å²) in [4.78, 5) is 14.8. The maximum atomic E-state index is 12.3. The van der Waals surface area contributed by atoms with Crippen molar-refractivity contribution in [2.75, 3.05) is 0 Å². The molecule has 0 unspecified atom stereocenters. The number of hydrogen-bond donors (Lipinski definition) is 1. The van der Waals surface area contributed by atoms with Gasteiger partial charge in [0, 0.05) is 18.6 Å². The standard InChI is InChI=1S/C21H34N2O2/c1-14-15(2)19(22-20(24)25-21(5,6)7)17(4)23(16(14)3)13-18-11-9-8-10-12-18/h8-12,14-17,19H,13H2,1-7H3,(H,22,24)/t14-,15+,16-,17+,19+/m1/s1. The van der Waals surface area contributed by atoms with Gasteiger partial charge in [0.15, 0.2) is 0 Å². The zero-order valence-corrected chi connectivity index (χ0v) is 16.7. The molecule has 1 aromatic rings. The monoisotopic (exact) mass is 346 g/mol. The highest BCUT2D eigenvalue weighted by Gasteiger charge is 2.42. The van der Waals surface area contributed by atoms with E-state index in [0.717, 1.165) is 6.54 Å². The van der Waals surface area contributed by atoms with Gasteiger partial charge in [0.05, 0.1) is 6.04 Å². The van der Waals surface area contributed by atoms with Gasteiger partial charge in [-0.3, -0.25) is 4.90 Å². The van der Waals surface area contributed by atoms with E-state index < -0.39 is 5.60 Å². The summed E-state index contributed by atoms with van der Waals surface area (Å²) in [6, 6.07) is 11.3. The molecular formula is C21H34N2O2. The van der Waals surface area contributed by atoms with Gasteiger partial charge >= 0.3 is 6.09 Å². The molecule has 25 heavy (non-hydrogen) atoms. The average molecular weight is 347 g/mol. The summed E-state index contributed by atoms with van der Waals surface area (Å²) in [6.45, 7) is 15.6. The van der Waals surface area contributed by atoms with Crippen LogP contribution in [0.5, 0.6) is 0 Å². The van der Waals surface area contributed by atoms with E-state index in [4.69, 9.17) is 4.74 Å². The Kier molecular flexibility index (Phi) is 6.15. The maximum Gasteiger partial charge on any atom is 0.407 e. The Labute approximate surface area is 152 Å². The van der Waals surface area contributed by atoms with E-state index in [1.165, 1.54) is 5.56 Å². The summed E-state index contributed by atoms with van der Waals surface area (Å²) in [5.74, 6) is 0.879. The Hall–Kier alpha value is -1.55. The van der Waals surface area contributed by atoms with Crippen LogP contribution in [0.2, 0.25) is 0 Å². The molecule has 1 aromatic carbocycles. The molecule has 1 amide bonds. The minimum atomic E-state index is -0.478. The van der Waals surface area contributed by atoms with Gasteiger partial charge in [0.25, 0.3) is 0 Å². The highest BCUT2D eigenvalue weighted by molar-refractivity contribution is 5.68. The van der Waals surface area contributed by atoms with Crippen molar-refractivity contribution in [3.05, 3.63) is 35.9 Å². The SMILES string of the molecule is C[C@@H]1[C@H](C)[C@H](NC(=O)OC(C)(C)C)[C@H](C)N(Cc2ccccc2)[C@@H]1C. The normalized spacial score (nSPS) is 30.8. The molecule has 1 saturated heterocycles. The van der Waals surface area contributed by atoms with Crippen molar-refractivity contribution in [3.8, 4) is 0 Å². The van der Waals surface area contributed by atoms with E-state index in [9.17, 15) is 4.79 Å². The molecule has 4 heteroatoms. The van der Waals surface area contributed by atoms with Gasteiger partial charge in [0.2, 0.25) is 0 Å². The molecule has 4 nitrogen and oxygen atoms in total. The number of nitrogens with zero attached hydrogens (tertiary/aromatic N) is 1. The molecule has 1 N–H and O–H groups in total. The highest BCUT2D eigenvalue weighted by Crippen LogP contribution is 2.34. The number of alkyl carbamates (subject to hydrolysis) is 1. The summed E-state index contributed by atoms with van der Waals surface area (Å²) in [5, 5.41) is 3.14. The van der Waals surface area contributed by atoms with Crippen LogP contribution in [0.25, 0.3) is 0 Å². The molecule has 0 saturated carbocycles. The molecule has 1 aliphatic heterocycles. The number of amides is 1. The molecule has 0 spiro atoms. The van der Waals surface area contributed by atoms with Crippen molar-refractivity contribution in [1.29, 1.82) is 0 Å². The molecular weight excluding hydrogens is 312 g/mol. The fourth-order valence-corrected chi connectivity index (χ4v) is 3.86. The molecule has 1 aliphatic rings. The number of rotatable bonds is 3. The lowest BCUT2D eigenvalue weighted by molar-refractivity contribution is -0.0118. The molecule has 1 heterocycles. The second-order valence-electron chi connectivity index (χ2n) is 8.53. The number of piperidine rings is 1. The molecule has 1 fully saturated rings. The van der Waals surface area contributed by atoms with Crippen molar-refractivity contribution in [3.63, 3.8) is 0 Å².